The molecule has 1 fully saturated rings. The third kappa shape index (κ3) is 3.76. The third-order valence-corrected chi connectivity index (χ3v) is 4.28. The minimum absolute atomic E-state index is 0.240. The monoisotopic (exact) mass is 317 g/mol. The Morgan fingerprint density at radius 3 is 2.74 bits per heavy atom. The second-order valence-electron chi connectivity index (χ2n) is 5.99. The molecule has 1 aliphatic rings. The molecule has 1 saturated heterocycles. The van der Waals surface area contributed by atoms with E-state index in [1.807, 2.05) is 0 Å². The zero-order valence-electron chi connectivity index (χ0n) is 13.1. The summed E-state index contributed by atoms with van der Waals surface area (Å²) in [5, 5.41) is 2.94. The van der Waals surface area contributed by atoms with E-state index < -0.39 is 0 Å². The quantitative estimate of drug-likeness (QED) is 0.941. The predicted molar refractivity (Wildman–Crippen MR) is 84.5 cm³/mol. The molecule has 0 bridgehead atoms. The van der Waals surface area contributed by atoms with Crippen molar-refractivity contribution in [2.24, 2.45) is 5.92 Å². The first-order chi connectivity index (χ1) is 11.1. The fourth-order valence-electron chi connectivity index (χ4n) is 2.80. The largest absolute Gasteiger partial charge is 0.443 e. The number of hydrogen-bond donors (Lipinski definition) is 1. The number of nitrogens with one attached hydrogen (secondary N) is 1. The van der Waals surface area contributed by atoms with Crippen LogP contribution < -0.4 is 5.32 Å². The van der Waals surface area contributed by atoms with Crippen LogP contribution in [0, 0.1) is 11.7 Å². The fourth-order valence-corrected chi connectivity index (χ4v) is 2.80. The molecule has 1 aromatic carbocycles. The lowest BCUT2D eigenvalue weighted by molar-refractivity contribution is 0.0935. The van der Waals surface area contributed by atoms with Crippen molar-refractivity contribution in [3.8, 4) is 11.3 Å². The summed E-state index contributed by atoms with van der Waals surface area (Å²) < 4.78 is 18.3. The number of amides is 1. The first-order valence-electron chi connectivity index (χ1n) is 7.79. The van der Waals surface area contributed by atoms with Crippen molar-refractivity contribution in [3.63, 3.8) is 0 Å². The topological polar surface area (TPSA) is 58.4 Å². The van der Waals surface area contributed by atoms with Crippen LogP contribution >= 0.6 is 0 Å². The summed E-state index contributed by atoms with van der Waals surface area (Å²) in [7, 11) is 2.11. The third-order valence-electron chi connectivity index (χ3n) is 4.28. The Hall–Kier alpha value is -2.21. The van der Waals surface area contributed by atoms with Crippen LogP contribution in [0.5, 0.6) is 0 Å². The lowest BCUT2D eigenvalue weighted by atomic mass is 9.97. The van der Waals surface area contributed by atoms with Gasteiger partial charge in [-0.3, -0.25) is 4.79 Å². The summed E-state index contributed by atoms with van der Waals surface area (Å²) in [4.78, 5) is 18.7. The Morgan fingerprint density at radius 2 is 2.04 bits per heavy atom. The van der Waals surface area contributed by atoms with Gasteiger partial charge in [0.25, 0.3) is 5.91 Å². The number of nitrogens with zero attached hydrogens (tertiary/aromatic N) is 2. The van der Waals surface area contributed by atoms with Gasteiger partial charge in [-0.25, -0.2) is 9.37 Å². The van der Waals surface area contributed by atoms with E-state index in [0.29, 0.717) is 23.8 Å². The van der Waals surface area contributed by atoms with Gasteiger partial charge >= 0.3 is 0 Å². The van der Waals surface area contributed by atoms with Gasteiger partial charge in [-0.15, -0.1) is 0 Å². The molecule has 1 aliphatic heterocycles. The number of rotatable bonds is 4. The molecule has 122 valence electrons. The highest BCUT2D eigenvalue weighted by molar-refractivity contribution is 5.97. The molecular formula is C17H20FN3O2. The van der Waals surface area contributed by atoms with Crippen LogP contribution in [0.3, 0.4) is 0 Å². The molecule has 0 atom stereocenters. The van der Waals surface area contributed by atoms with Crippen molar-refractivity contribution >= 4 is 5.91 Å². The Balaban J connectivity index is 1.64. The average molecular weight is 317 g/mol. The Labute approximate surface area is 134 Å². The van der Waals surface area contributed by atoms with Gasteiger partial charge < -0.3 is 14.6 Å². The second kappa shape index (κ2) is 6.91. The zero-order chi connectivity index (χ0) is 16.2. The summed E-state index contributed by atoms with van der Waals surface area (Å²) in [5.41, 5.74) is 0.873. The van der Waals surface area contributed by atoms with Crippen molar-refractivity contribution in [3.05, 3.63) is 42.2 Å². The molecule has 0 saturated carbocycles. The number of hydrogen-bond acceptors (Lipinski definition) is 4. The molecule has 2 aromatic rings. The standard InChI is InChI=1S/C17H20FN3O2/c1-21-8-6-12(7-9-21)10-19-17(22)15-16(23-11-20-15)13-2-4-14(18)5-3-13/h2-5,11-12H,6-10H2,1H3,(H,19,22). The number of carbonyl (C=O) groups excluding carboxylic acids is 1. The number of carbonyl (C=O) groups is 1. The molecule has 0 aliphatic carbocycles. The molecule has 0 unspecified atom stereocenters. The first kappa shape index (κ1) is 15.7. The van der Waals surface area contributed by atoms with E-state index in [0.717, 1.165) is 25.9 Å². The van der Waals surface area contributed by atoms with E-state index in [1.165, 1.54) is 18.5 Å². The van der Waals surface area contributed by atoms with Crippen LogP contribution in [0.4, 0.5) is 4.39 Å². The van der Waals surface area contributed by atoms with E-state index in [-0.39, 0.29) is 17.4 Å². The predicted octanol–water partition coefficient (Wildman–Crippen LogP) is 2.55. The summed E-state index contributed by atoms with van der Waals surface area (Å²) in [6, 6.07) is 5.81. The van der Waals surface area contributed by atoms with Crippen molar-refractivity contribution < 1.29 is 13.6 Å². The number of oxazole rings is 1. The van der Waals surface area contributed by atoms with Gasteiger partial charge in [-0.2, -0.15) is 0 Å². The zero-order valence-corrected chi connectivity index (χ0v) is 13.1. The lowest BCUT2D eigenvalue weighted by Crippen LogP contribution is -2.37. The van der Waals surface area contributed by atoms with E-state index in [9.17, 15) is 9.18 Å². The summed E-state index contributed by atoms with van der Waals surface area (Å²) in [6.45, 7) is 2.76. The van der Waals surface area contributed by atoms with Gasteiger partial charge in [-0.05, 0) is 63.2 Å². The highest BCUT2D eigenvalue weighted by atomic mass is 19.1. The van der Waals surface area contributed by atoms with Crippen LogP contribution in [0.15, 0.2) is 35.1 Å². The van der Waals surface area contributed by atoms with Crippen LogP contribution in [0.1, 0.15) is 23.3 Å². The Bertz CT molecular complexity index is 661. The average Bonchev–Trinajstić information content (AvgIpc) is 3.04. The lowest BCUT2D eigenvalue weighted by Gasteiger charge is -2.28. The summed E-state index contributed by atoms with van der Waals surface area (Å²) >= 11 is 0. The maximum absolute atomic E-state index is 13.0. The molecule has 3 rings (SSSR count). The highest BCUT2D eigenvalue weighted by Crippen LogP contribution is 2.23. The van der Waals surface area contributed by atoms with Gasteiger partial charge in [0.2, 0.25) is 0 Å². The highest BCUT2D eigenvalue weighted by Gasteiger charge is 2.21. The first-order valence-corrected chi connectivity index (χ1v) is 7.79. The Morgan fingerprint density at radius 1 is 1.35 bits per heavy atom. The van der Waals surface area contributed by atoms with Gasteiger partial charge in [0.1, 0.15) is 5.82 Å². The molecule has 0 spiro atoms. The van der Waals surface area contributed by atoms with Gasteiger partial charge in [0.05, 0.1) is 0 Å². The van der Waals surface area contributed by atoms with Gasteiger partial charge in [0, 0.05) is 12.1 Å². The van der Waals surface area contributed by atoms with E-state index >= 15 is 0 Å². The molecular weight excluding hydrogens is 297 g/mol. The van der Waals surface area contributed by atoms with E-state index in [2.05, 4.69) is 22.2 Å². The van der Waals surface area contributed by atoms with Crippen molar-refractivity contribution in [1.82, 2.24) is 15.2 Å². The number of likely N-dealkylation sites (tertiary alicyclic amines) is 1. The molecule has 1 amide bonds. The number of piperidine rings is 1. The van der Waals surface area contributed by atoms with E-state index in [4.69, 9.17) is 4.42 Å². The SMILES string of the molecule is CN1CCC(CNC(=O)c2ncoc2-c2ccc(F)cc2)CC1. The minimum atomic E-state index is -0.332. The van der Waals surface area contributed by atoms with Crippen molar-refractivity contribution in [2.75, 3.05) is 26.7 Å². The maximum atomic E-state index is 13.0. The fraction of sp³-hybridized carbons (Fsp3) is 0.412. The number of halogens is 1. The Kier molecular flexibility index (Phi) is 4.71. The van der Waals surface area contributed by atoms with Crippen molar-refractivity contribution in [1.29, 1.82) is 0 Å². The molecule has 1 N–H and O–H groups in total. The second-order valence-corrected chi connectivity index (χ2v) is 5.99. The number of benzene rings is 1. The smallest absolute Gasteiger partial charge is 0.273 e. The van der Waals surface area contributed by atoms with E-state index in [1.54, 1.807) is 12.1 Å². The molecule has 6 heteroatoms. The normalized spacial score (nSPS) is 16.4. The van der Waals surface area contributed by atoms with Crippen LogP contribution in [-0.4, -0.2) is 42.5 Å². The van der Waals surface area contributed by atoms with Crippen LogP contribution in [0.25, 0.3) is 11.3 Å². The van der Waals surface area contributed by atoms with Crippen molar-refractivity contribution in [2.45, 2.75) is 12.8 Å². The van der Waals surface area contributed by atoms with Gasteiger partial charge in [0.15, 0.2) is 17.8 Å². The molecule has 5 nitrogen and oxygen atoms in total. The molecule has 23 heavy (non-hydrogen) atoms. The molecule has 2 heterocycles. The summed E-state index contributed by atoms with van der Waals surface area (Å²) in [6.07, 6.45) is 3.41. The van der Waals surface area contributed by atoms with Gasteiger partial charge in [-0.1, -0.05) is 0 Å². The molecule has 1 aromatic heterocycles. The van der Waals surface area contributed by atoms with Crippen LogP contribution in [0.2, 0.25) is 0 Å². The van der Waals surface area contributed by atoms with Crippen LogP contribution in [-0.2, 0) is 0 Å². The minimum Gasteiger partial charge on any atom is -0.443 e. The number of aromatic nitrogens is 1. The maximum Gasteiger partial charge on any atom is 0.273 e. The molecule has 0 radical (unpaired) electrons. The summed E-state index contributed by atoms with van der Waals surface area (Å²) in [5.74, 6) is 0.278.